The van der Waals surface area contributed by atoms with Crippen LogP contribution in [0.5, 0.6) is 0 Å². The zero-order valence-electron chi connectivity index (χ0n) is 12.8. The van der Waals surface area contributed by atoms with E-state index in [-0.39, 0.29) is 0 Å². The number of nitrogens with zero attached hydrogens (tertiary/aromatic N) is 1. The molecule has 1 aliphatic carbocycles. The quantitative estimate of drug-likeness (QED) is 0.827. The summed E-state index contributed by atoms with van der Waals surface area (Å²) in [5.74, 6) is 1.72. The first-order valence-electron chi connectivity index (χ1n) is 7.94. The standard InChI is InChI=1S/C16H32N2/c1-13(2)16(8-9-17-11-16)12-18(4)15-7-5-6-14(3)10-15/h13-15,17H,5-12H2,1-4H3. The molecular formula is C16H32N2. The van der Waals surface area contributed by atoms with E-state index in [0.29, 0.717) is 5.41 Å². The summed E-state index contributed by atoms with van der Waals surface area (Å²) in [4.78, 5) is 2.68. The Kier molecular flexibility index (Phi) is 4.71. The fraction of sp³-hybridized carbons (Fsp3) is 1.00. The maximum Gasteiger partial charge on any atom is 0.00949 e. The highest BCUT2D eigenvalue weighted by atomic mass is 15.1. The molecule has 18 heavy (non-hydrogen) atoms. The van der Waals surface area contributed by atoms with Gasteiger partial charge in [0.05, 0.1) is 0 Å². The van der Waals surface area contributed by atoms with Crippen molar-refractivity contribution in [3.63, 3.8) is 0 Å². The zero-order valence-corrected chi connectivity index (χ0v) is 12.8. The van der Waals surface area contributed by atoms with Crippen LogP contribution in [0.1, 0.15) is 52.9 Å². The van der Waals surface area contributed by atoms with Crippen LogP contribution in [-0.4, -0.2) is 37.6 Å². The molecule has 1 N–H and O–H groups in total. The third kappa shape index (κ3) is 3.08. The molecule has 2 fully saturated rings. The lowest BCUT2D eigenvalue weighted by Gasteiger charge is -2.41. The van der Waals surface area contributed by atoms with E-state index in [2.05, 4.69) is 38.0 Å². The van der Waals surface area contributed by atoms with Gasteiger partial charge in [-0.2, -0.15) is 0 Å². The molecule has 1 heterocycles. The van der Waals surface area contributed by atoms with Crippen LogP contribution < -0.4 is 5.32 Å². The van der Waals surface area contributed by atoms with Crippen molar-refractivity contribution >= 4 is 0 Å². The van der Waals surface area contributed by atoms with Crippen LogP contribution >= 0.6 is 0 Å². The maximum atomic E-state index is 3.58. The number of nitrogens with one attached hydrogen (secondary N) is 1. The summed E-state index contributed by atoms with van der Waals surface area (Å²) < 4.78 is 0. The number of rotatable bonds is 4. The van der Waals surface area contributed by atoms with E-state index in [1.165, 1.54) is 51.7 Å². The second kappa shape index (κ2) is 5.92. The summed E-state index contributed by atoms with van der Waals surface area (Å²) in [7, 11) is 2.37. The van der Waals surface area contributed by atoms with Gasteiger partial charge in [-0.3, -0.25) is 0 Å². The average Bonchev–Trinajstić information content (AvgIpc) is 2.79. The Morgan fingerprint density at radius 1 is 1.33 bits per heavy atom. The van der Waals surface area contributed by atoms with E-state index in [1.54, 1.807) is 0 Å². The second-order valence-electron chi connectivity index (χ2n) is 7.28. The van der Waals surface area contributed by atoms with Gasteiger partial charge in [0.25, 0.3) is 0 Å². The van der Waals surface area contributed by atoms with E-state index in [1.807, 2.05) is 0 Å². The Hall–Kier alpha value is -0.0800. The van der Waals surface area contributed by atoms with E-state index < -0.39 is 0 Å². The van der Waals surface area contributed by atoms with Crippen LogP contribution in [0.15, 0.2) is 0 Å². The van der Waals surface area contributed by atoms with Crippen molar-refractivity contribution < 1.29 is 0 Å². The Bertz CT molecular complexity index is 256. The molecule has 0 aromatic heterocycles. The van der Waals surface area contributed by atoms with Gasteiger partial charge in [-0.25, -0.2) is 0 Å². The van der Waals surface area contributed by atoms with Gasteiger partial charge in [0.2, 0.25) is 0 Å². The SMILES string of the molecule is CC1CCCC(N(C)CC2(C(C)C)CCNC2)C1. The first-order valence-corrected chi connectivity index (χ1v) is 7.94. The molecule has 0 amide bonds. The highest BCUT2D eigenvalue weighted by Crippen LogP contribution is 2.36. The summed E-state index contributed by atoms with van der Waals surface area (Å²) in [5.41, 5.74) is 0.523. The lowest BCUT2D eigenvalue weighted by Crippen LogP contribution is -2.46. The minimum atomic E-state index is 0.523. The molecule has 0 aromatic rings. The first-order chi connectivity index (χ1) is 8.53. The molecule has 0 aromatic carbocycles. The van der Waals surface area contributed by atoms with Gasteiger partial charge in [0.15, 0.2) is 0 Å². The van der Waals surface area contributed by atoms with Crippen LogP contribution in [-0.2, 0) is 0 Å². The Labute approximate surface area is 114 Å². The molecule has 3 unspecified atom stereocenters. The molecule has 2 aliphatic rings. The molecule has 2 rings (SSSR count). The minimum Gasteiger partial charge on any atom is -0.316 e. The third-order valence-corrected chi connectivity index (χ3v) is 5.60. The normalized spacial score (nSPS) is 37.7. The van der Waals surface area contributed by atoms with Gasteiger partial charge in [-0.05, 0) is 50.1 Å². The average molecular weight is 252 g/mol. The Balaban J connectivity index is 1.94. The van der Waals surface area contributed by atoms with Crippen LogP contribution in [0.4, 0.5) is 0 Å². The second-order valence-corrected chi connectivity index (χ2v) is 7.28. The van der Waals surface area contributed by atoms with Gasteiger partial charge < -0.3 is 10.2 Å². The molecule has 1 saturated heterocycles. The van der Waals surface area contributed by atoms with Crippen molar-refractivity contribution in [1.82, 2.24) is 10.2 Å². The fourth-order valence-electron chi connectivity index (χ4n) is 4.00. The topological polar surface area (TPSA) is 15.3 Å². The molecule has 2 heteroatoms. The first kappa shape index (κ1) is 14.3. The zero-order chi connectivity index (χ0) is 13.2. The summed E-state index contributed by atoms with van der Waals surface area (Å²) in [5, 5.41) is 3.58. The van der Waals surface area contributed by atoms with Crippen molar-refractivity contribution in [2.24, 2.45) is 17.3 Å². The summed E-state index contributed by atoms with van der Waals surface area (Å²) in [6.07, 6.45) is 7.07. The summed E-state index contributed by atoms with van der Waals surface area (Å²) in [6, 6.07) is 0.838. The van der Waals surface area contributed by atoms with Crippen LogP contribution in [0, 0.1) is 17.3 Å². The van der Waals surface area contributed by atoms with E-state index in [9.17, 15) is 0 Å². The van der Waals surface area contributed by atoms with Gasteiger partial charge in [-0.1, -0.05) is 33.6 Å². The molecule has 2 nitrogen and oxygen atoms in total. The number of hydrogen-bond donors (Lipinski definition) is 1. The molecule has 106 valence electrons. The van der Waals surface area contributed by atoms with Crippen molar-refractivity contribution in [3.05, 3.63) is 0 Å². The molecule has 3 atom stereocenters. The van der Waals surface area contributed by atoms with E-state index >= 15 is 0 Å². The lowest BCUT2D eigenvalue weighted by molar-refractivity contribution is 0.0810. The molecule has 1 saturated carbocycles. The van der Waals surface area contributed by atoms with Crippen molar-refractivity contribution in [2.75, 3.05) is 26.7 Å². The van der Waals surface area contributed by atoms with Gasteiger partial charge >= 0.3 is 0 Å². The highest BCUT2D eigenvalue weighted by Gasteiger charge is 2.39. The third-order valence-electron chi connectivity index (χ3n) is 5.60. The maximum absolute atomic E-state index is 3.58. The molecule has 1 aliphatic heterocycles. The van der Waals surface area contributed by atoms with Crippen molar-refractivity contribution in [1.29, 1.82) is 0 Å². The van der Waals surface area contributed by atoms with E-state index in [4.69, 9.17) is 0 Å². The van der Waals surface area contributed by atoms with Crippen LogP contribution in [0.2, 0.25) is 0 Å². The Morgan fingerprint density at radius 3 is 2.67 bits per heavy atom. The molecule has 0 spiro atoms. The van der Waals surface area contributed by atoms with Crippen LogP contribution in [0.3, 0.4) is 0 Å². The molecular weight excluding hydrogens is 220 g/mol. The van der Waals surface area contributed by atoms with Crippen molar-refractivity contribution in [2.45, 2.75) is 58.9 Å². The largest absolute Gasteiger partial charge is 0.316 e. The predicted molar refractivity (Wildman–Crippen MR) is 78.8 cm³/mol. The van der Waals surface area contributed by atoms with Gasteiger partial charge in [0, 0.05) is 19.1 Å². The smallest absolute Gasteiger partial charge is 0.00949 e. The Morgan fingerprint density at radius 2 is 2.11 bits per heavy atom. The van der Waals surface area contributed by atoms with Crippen LogP contribution in [0.25, 0.3) is 0 Å². The minimum absolute atomic E-state index is 0.523. The molecule has 0 bridgehead atoms. The van der Waals surface area contributed by atoms with E-state index in [0.717, 1.165) is 17.9 Å². The number of hydrogen-bond acceptors (Lipinski definition) is 2. The highest BCUT2D eigenvalue weighted by molar-refractivity contribution is 4.93. The fourth-order valence-corrected chi connectivity index (χ4v) is 4.00. The summed E-state index contributed by atoms with van der Waals surface area (Å²) in [6.45, 7) is 11.0. The summed E-state index contributed by atoms with van der Waals surface area (Å²) >= 11 is 0. The lowest BCUT2D eigenvalue weighted by atomic mass is 9.75. The van der Waals surface area contributed by atoms with Crippen molar-refractivity contribution in [3.8, 4) is 0 Å². The predicted octanol–water partition coefficient (Wildman–Crippen LogP) is 3.13. The monoisotopic (exact) mass is 252 g/mol. The molecule has 0 radical (unpaired) electrons. The van der Waals surface area contributed by atoms with Gasteiger partial charge in [-0.15, -0.1) is 0 Å². The van der Waals surface area contributed by atoms with Gasteiger partial charge in [0.1, 0.15) is 0 Å².